The number of halogens is 1. The van der Waals surface area contributed by atoms with Crippen LogP contribution in [0.25, 0.3) is 0 Å². The van der Waals surface area contributed by atoms with E-state index in [2.05, 4.69) is 4.72 Å². The molecule has 1 rings (SSSR count). The number of sulfonamides is 1. The third-order valence-corrected chi connectivity index (χ3v) is 5.50. The molecule has 0 bridgehead atoms. The summed E-state index contributed by atoms with van der Waals surface area (Å²) in [5, 5.41) is 0. The molecule has 20 heavy (non-hydrogen) atoms. The molecule has 0 aliphatic heterocycles. The summed E-state index contributed by atoms with van der Waals surface area (Å²) >= 11 is 0. The van der Waals surface area contributed by atoms with Crippen LogP contribution in [-0.4, -0.2) is 36.6 Å². The van der Waals surface area contributed by atoms with Gasteiger partial charge in [0.1, 0.15) is 0 Å². The number of hydrogen-bond acceptors (Lipinski definition) is 5. The fraction of sp³-hybridized carbons (Fsp3) is 0.455. The summed E-state index contributed by atoms with van der Waals surface area (Å²) < 4.78 is 53.6. The van der Waals surface area contributed by atoms with E-state index >= 15 is 0 Å². The molecule has 6 nitrogen and oxygen atoms in total. The molecule has 0 saturated heterocycles. The van der Waals surface area contributed by atoms with Crippen molar-refractivity contribution in [1.82, 2.24) is 4.72 Å². The second-order valence-corrected chi connectivity index (χ2v) is 8.49. The van der Waals surface area contributed by atoms with Crippen molar-refractivity contribution >= 4 is 29.8 Å². The molecule has 0 fully saturated rings. The molecule has 1 aromatic carbocycles. The van der Waals surface area contributed by atoms with Gasteiger partial charge in [0.25, 0.3) is 9.05 Å². The molecule has 1 aromatic rings. The average Bonchev–Trinajstić information content (AvgIpc) is 2.35. The molecule has 1 atom stereocenters. The normalized spacial score (nSPS) is 14.2. The minimum absolute atomic E-state index is 0.0224. The van der Waals surface area contributed by atoms with E-state index < -0.39 is 19.1 Å². The quantitative estimate of drug-likeness (QED) is 0.755. The third-order valence-electron chi connectivity index (χ3n) is 2.53. The molecule has 0 saturated carbocycles. The predicted octanol–water partition coefficient (Wildman–Crippen LogP) is 1.32. The maximum absolute atomic E-state index is 12.0. The molecule has 0 aliphatic carbocycles. The maximum atomic E-state index is 12.0. The van der Waals surface area contributed by atoms with Crippen LogP contribution in [0.4, 0.5) is 0 Å². The molecule has 1 N–H and O–H groups in total. The van der Waals surface area contributed by atoms with E-state index in [4.69, 9.17) is 15.4 Å². The first-order valence-corrected chi connectivity index (χ1v) is 9.52. The maximum Gasteiger partial charge on any atom is 0.261 e. The third kappa shape index (κ3) is 5.02. The Labute approximate surface area is 123 Å². The van der Waals surface area contributed by atoms with Gasteiger partial charge in [0, 0.05) is 30.4 Å². The molecule has 0 radical (unpaired) electrons. The topological polar surface area (TPSA) is 89.5 Å². The van der Waals surface area contributed by atoms with E-state index in [-0.39, 0.29) is 15.8 Å². The van der Waals surface area contributed by atoms with Crippen LogP contribution in [0.3, 0.4) is 0 Å². The van der Waals surface area contributed by atoms with E-state index in [1.54, 1.807) is 6.92 Å². The van der Waals surface area contributed by atoms with Crippen LogP contribution in [0.1, 0.15) is 13.3 Å². The molecule has 1 unspecified atom stereocenters. The second-order valence-electron chi connectivity index (χ2n) is 4.21. The Balaban J connectivity index is 2.88. The molecule has 0 heterocycles. The van der Waals surface area contributed by atoms with Gasteiger partial charge in [0.15, 0.2) is 0 Å². The number of ether oxygens (including phenoxy) is 1. The summed E-state index contributed by atoms with van der Waals surface area (Å²) in [6.45, 7) is 2.15. The van der Waals surface area contributed by atoms with Crippen LogP contribution in [0, 0.1) is 0 Å². The van der Waals surface area contributed by atoms with E-state index in [0.717, 1.165) is 12.1 Å². The SMILES string of the molecule is COCCC(C)NS(=O)(=O)c1ccc(S(=O)(=O)Cl)cc1. The van der Waals surface area contributed by atoms with Crippen molar-refractivity contribution in [2.24, 2.45) is 0 Å². The van der Waals surface area contributed by atoms with Crippen molar-refractivity contribution in [2.45, 2.75) is 29.2 Å². The molecule has 114 valence electrons. The number of nitrogens with one attached hydrogen (secondary N) is 1. The summed E-state index contributed by atoms with van der Waals surface area (Å²) in [6.07, 6.45) is 0.532. The van der Waals surface area contributed by atoms with Crippen molar-refractivity contribution in [3.63, 3.8) is 0 Å². The lowest BCUT2D eigenvalue weighted by Crippen LogP contribution is -2.33. The summed E-state index contributed by atoms with van der Waals surface area (Å²) in [7, 11) is -0.861. The summed E-state index contributed by atoms with van der Waals surface area (Å²) in [6, 6.07) is 4.39. The zero-order valence-electron chi connectivity index (χ0n) is 11.0. The lowest BCUT2D eigenvalue weighted by atomic mass is 10.3. The summed E-state index contributed by atoms with van der Waals surface area (Å²) in [4.78, 5) is -0.170. The van der Waals surface area contributed by atoms with Crippen molar-refractivity contribution in [2.75, 3.05) is 13.7 Å². The zero-order valence-corrected chi connectivity index (χ0v) is 13.4. The van der Waals surface area contributed by atoms with Crippen LogP contribution in [-0.2, 0) is 23.8 Å². The molecule has 9 heteroatoms. The molecular weight excluding hydrogens is 326 g/mol. The number of rotatable bonds is 7. The van der Waals surface area contributed by atoms with Gasteiger partial charge in [0.05, 0.1) is 9.79 Å². The number of hydrogen-bond donors (Lipinski definition) is 1. The molecular formula is C11H16ClNO5S2. The Morgan fingerprint density at radius 1 is 1.15 bits per heavy atom. The van der Waals surface area contributed by atoms with Crippen molar-refractivity contribution in [1.29, 1.82) is 0 Å². The zero-order chi connectivity index (χ0) is 15.4. The van der Waals surface area contributed by atoms with Crippen molar-refractivity contribution < 1.29 is 21.6 Å². The van der Waals surface area contributed by atoms with E-state index in [1.165, 1.54) is 19.2 Å². The highest BCUT2D eigenvalue weighted by Crippen LogP contribution is 2.18. The average molecular weight is 342 g/mol. The molecule has 0 amide bonds. The van der Waals surface area contributed by atoms with Gasteiger partial charge in [-0.2, -0.15) is 0 Å². The monoisotopic (exact) mass is 341 g/mol. The molecule has 0 aromatic heterocycles. The highest BCUT2D eigenvalue weighted by molar-refractivity contribution is 8.13. The van der Waals surface area contributed by atoms with Gasteiger partial charge in [-0.05, 0) is 37.6 Å². The smallest absolute Gasteiger partial charge is 0.261 e. The van der Waals surface area contributed by atoms with Crippen LogP contribution < -0.4 is 4.72 Å². The first kappa shape index (κ1) is 17.4. The fourth-order valence-electron chi connectivity index (χ4n) is 1.47. The Morgan fingerprint density at radius 3 is 2.10 bits per heavy atom. The van der Waals surface area contributed by atoms with Crippen LogP contribution in [0.5, 0.6) is 0 Å². The first-order valence-electron chi connectivity index (χ1n) is 5.73. The van der Waals surface area contributed by atoms with E-state index in [1.807, 2.05) is 0 Å². The van der Waals surface area contributed by atoms with Gasteiger partial charge >= 0.3 is 0 Å². The Morgan fingerprint density at radius 2 is 1.65 bits per heavy atom. The van der Waals surface area contributed by atoms with Gasteiger partial charge in [-0.25, -0.2) is 21.6 Å². The van der Waals surface area contributed by atoms with E-state index in [9.17, 15) is 16.8 Å². The van der Waals surface area contributed by atoms with E-state index in [0.29, 0.717) is 13.0 Å². The summed E-state index contributed by atoms with van der Waals surface area (Å²) in [5.74, 6) is 0. The highest BCUT2D eigenvalue weighted by atomic mass is 35.7. The highest BCUT2D eigenvalue weighted by Gasteiger charge is 2.18. The van der Waals surface area contributed by atoms with Gasteiger partial charge < -0.3 is 4.74 Å². The van der Waals surface area contributed by atoms with Gasteiger partial charge in [-0.1, -0.05) is 0 Å². The first-order chi connectivity index (χ1) is 9.16. The molecule has 0 aliphatic rings. The standard InChI is InChI=1S/C11H16ClNO5S2/c1-9(7-8-18-2)13-20(16,17)11-5-3-10(4-6-11)19(12,14)15/h3-6,9,13H,7-8H2,1-2H3. The molecule has 0 spiro atoms. The Kier molecular flexibility index (Phi) is 5.96. The minimum Gasteiger partial charge on any atom is -0.385 e. The largest absolute Gasteiger partial charge is 0.385 e. The predicted molar refractivity (Wildman–Crippen MR) is 75.8 cm³/mol. The van der Waals surface area contributed by atoms with Gasteiger partial charge in [-0.15, -0.1) is 0 Å². The lowest BCUT2D eigenvalue weighted by molar-refractivity contribution is 0.188. The Hall–Kier alpha value is -0.670. The van der Waals surface area contributed by atoms with Gasteiger partial charge in [0.2, 0.25) is 10.0 Å². The van der Waals surface area contributed by atoms with Crippen molar-refractivity contribution in [3.05, 3.63) is 24.3 Å². The number of benzene rings is 1. The summed E-state index contributed by atoms with van der Waals surface area (Å²) in [5.41, 5.74) is 0. The van der Waals surface area contributed by atoms with Crippen molar-refractivity contribution in [3.8, 4) is 0 Å². The Bertz CT molecular complexity index is 640. The van der Waals surface area contributed by atoms with Crippen LogP contribution in [0.15, 0.2) is 34.1 Å². The lowest BCUT2D eigenvalue weighted by Gasteiger charge is -2.13. The fourth-order valence-corrected chi connectivity index (χ4v) is 3.52. The van der Waals surface area contributed by atoms with Crippen LogP contribution >= 0.6 is 10.7 Å². The van der Waals surface area contributed by atoms with Crippen LogP contribution in [0.2, 0.25) is 0 Å². The van der Waals surface area contributed by atoms with Gasteiger partial charge in [-0.3, -0.25) is 0 Å². The second kappa shape index (κ2) is 6.86. The minimum atomic E-state index is -3.86. The number of methoxy groups -OCH3 is 1.